The molecule has 0 heterocycles. The third-order valence-corrected chi connectivity index (χ3v) is 23.8. The third-order valence-electron chi connectivity index (χ3n) is 23.8. The molecule has 7 aromatic rings. The Morgan fingerprint density at radius 1 is 0.316 bits per heavy atom. The molecule has 0 saturated heterocycles. The summed E-state index contributed by atoms with van der Waals surface area (Å²) in [4.78, 5) is 60.3. The maximum atomic E-state index is 12.3. The van der Waals surface area contributed by atoms with Gasteiger partial charge in [0.05, 0.1) is 5.41 Å². The van der Waals surface area contributed by atoms with Gasteiger partial charge in [-0.15, -0.1) is 0 Å². The second kappa shape index (κ2) is 47.4. The fourth-order valence-corrected chi connectivity index (χ4v) is 14.6. The molecular weight excluding hydrogens is 1430 g/mol. The van der Waals surface area contributed by atoms with Crippen molar-refractivity contribution < 1.29 is 66.6 Å². The first kappa shape index (κ1) is 94.2. The van der Waals surface area contributed by atoms with Crippen LogP contribution in [-0.4, -0.2) is 73.1 Å². The summed E-state index contributed by atoms with van der Waals surface area (Å²) < 4.78 is 50.5. The molecule has 14 heteroatoms. The van der Waals surface area contributed by atoms with Crippen molar-refractivity contribution in [1.82, 2.24) is 0 Å². The first-order valence-corrected chi connectivity index (χ1v) is 42.8. The Labute approximate surface area is 685 Å². The van der Waals surface area contributed by atoms with Gasteiger partial charge in [-0.2, -0.15) is 0 Å². The molecule has 0 amide bonds. The number of ether oxygens (including phenoxy) is 9. The molecule has 3 fully saturated rings. The molecule has 0 aliphatic heterocycles. The van der Waals surface area contributed by atoms with Gasteiger partial charge in [0.1, 0.15) is 52.0 Å². The Hall–Kier alpha value is -8.65. The Bertz CT molecular complexity index is 3950. The lowest BCUT2D eigenvalue weighted by Crippen LogP contribution is -2.39. The summed E-state index contributed by atoms with van der Waals surface area (Å²) in [6, 6.07) is 55.9. The molecule has 7 aromatic carbocycles. The van der Waals surface area contributed by atoms with Crippen LogP contribution >= 0.6 is 0 Å². The minimum atomic E-state index is -0.420. The molecule has 14 nitrogen and oxygen atoms in total. The van der Waals surface area contributed by atoms with Crippen molar-refractivity contribution in [2.75, 3.05) is 26.4 Å². The van der Waals surface area contributed by atoms with Crippen molar-refractivity contribution in [1.29, 1.82) is 0 Å². The number of rotatable bonds is 32. The highest BCUT2D eigenvalue weighted by Gasteiger charge is 2.37. The smallest absolute Gasteiger partial charge is 0.344 e. The van der Waals surface area contributed by atoms with Crippen LogP contribution in [0.2, 0.25) is 0 Å². The van der Waals surface area contributed by atoms with Gasteiger partial charge in [-0.3, -0.25) is 4.79 Å². The van der Waals surface area contributed by atoms with Crippen LogP contribution in [0.4, 0.5) is 0 Å². The van der Waals surface area contributed by atoms with E-state index < -0.39 is 22.2 Å². The number of benzene rings is 7. The second-order valence-corrected chi connectivity index (χ2v) is 34.0. The average Bonchev–Trinajstić information content (AvgIpc) is 0.990. The van der Waals surface area contributed by atoms with Gasteiger partial charge in [-0.25, -0.2) is 19.2 Å². The van der Waals surface area contributed by atoms with Gasteiger partial charge < -0.3 is 42.6 Å². The summed E-state index contributed by atoms with van der Waals surface area (Å²) in [6.45, 7) is 39.1. The van der Waals surface area contributed by atoms with Gasteiger partial charge in [0, 0.05) is 0 Å². The molecule has 0 radical (unpaired) electrons. The molecule has 0 bridgehead atoms. The van der Waals surface area contributed by atoms with Crippen LogP contribution in [0.1, 0.15) is 323 Å². The summed E-state index contributed by atoms with van der Waals surface area (Å²) >= 11 is 0. The van der Waals surface area contributed by atoms with Gasteiger partial charge in [-0.05, 0) is 274 Å². The quantitative estimate of drug-likeness (QED) is 0.0288. The number of hydrogen-bond donors (Lipinski definition) is 0. The summed E-state index contributed by atoms with van der Waals surface area (Å²) in [5.41, 5.74) is 5.56. The first-order valence-electron chi connectivity index (χ1n) is 42.8. The zero-order chi connectivity index (χ0) is 83.4. The van der Waals surface area contributed by atoms with E-state index in [1.165, 1.54) is 79.0 Å². The van der Waals surface area contributed by atoms with Gasteiger partial charge in [0.2, 0.25) is 0 Å². The number of fused-ring (bicyclic) bond motifs is 1. The normalized spacial score (nSPS) is 15.7. The lowest BCUT2D eigenvalue weighted by Gasteiger charge is -2.36. The Balaban J connectivity index is 0.000000224. The molecule has 6 atom stereocenters. The van der Waals surface area contributed by atoms with Crippen molar-refractivity contribution in [2.45, 2.75) is 306 Å². The molecule has 6 unspecified atom stereocenters. The van der Waals surface area contributed by atoms with Crippen molar-refractivity contribution in [3.05, 3.63) is 203 Å². The van der Waals surface area contributed by atoms with E-state index >= 15 is 0 Å². The molecule has 0 aromatic heterocycles. The predicted molar refractivity (Wildman–Crippen MR) is 462 cm³/mol. The van der Waals surface area contributed by atoms with Crippen LogP contribution < -0.4 is 18.9 Å². The SMILES string of the molecule is CCC(C)(C)C(=O)OC(C)c1ccccc1.CCC(C)c1ccc(OCC(=O)OC(C)(C)C2CCCC2)cc1.CCC(C)c1ccc(OCC(=O)OC(C)c2ccccc2)cc1.CCC(C)c1ccc2cc(OCC(=O)OC(C)(C)C3CCCCC3)ccc2c1.CCC(C)c1cccc(OCC(=O)OC(C)(C)C2CCCCC2)c1. The largest absolute Gasteiger partial charge is 0.482 e. The standard InChI is InChI=1S/C25H34O3.C21H32O3.C20H30O3.C20H24O3.C14H20O2/c1-5-18(2)19-11-12-21-16-23(14-13-20(21)15-19)27-17-24(26)28-25(3,4)22-9-7-6-8-10-22;1-5-16(2)17-10-9-13-19(14-17)23-15-20(22)24-21(3,4)18-11-7-6-8-12-18;1-5-15(2)16-10-12-18(13-11-16)22-14-19(21)23-20(3,4)17-8-6-7-9-17;1-4-15(2)17-10-12-19(13-11-17)22-14-20(21)23-16(3)18-8-6-5-7-9-18;1-5-14(3,4)13(15)16-11(2)12-9-7-6-8-10-12/h11-16,18,22H,5-10,17H2,1-4H3;9-10,13-14,16,18H,5-8,11-12,15H2,1-4H3;10-13,15,17H,5-9,14H2,1-4H3;5-13,15-16H,4,14H2,1-3H3;6-11H,5H2,1-4H3. The highest BCUT2D eigenvalue weighted by atomic mass is 16.6. The van der Waals surface area contributed by atoms with Crippen LogP contribution in [0.25, 0.3) is 10.8 Å². The van der Waals surface area contributed by atoms with E-state index in [-0.39, 0.29) is 68.5 Å². The van der Waals surface area contributed by atoms with Gasteiger partial charge in [-0.1, -0.05) is 235 Å². The molecule has 3 saturated carbocycles. The lowest BCUT2D eigenvalue weighted by atomic mass is 9.79. The number of esters is 5. The summed E-state index contributed by atoms with van der Waals surface area (Å²) in [6.07, 6.45) is 21.7. The monoisotopic (exact) mass is 1570 g/mol. The van der Waals surface area contributed by atoms with Crippen LogP contribution in [-0.2, 0) is 47.7 Å². The topological polar surface area (TPSA) is 168 Å². The number of hydrogen-bond acceptors (Lipinski definition) is 14. The molecule has 0 spiro atoms. The maximum Gasteiger partial charge on any atom is 0.344 e. The summed E-state index contributed by atoms with van der Waals surface area (Å²) in [7, 11) is 0. The Kier molecular flexibility index (Phi) is 39.2. The Morgan fingerprint density at radius 2 is 0.623 bits per heavy atom. The number of carbonyl (C=O) groups is 5. The summed E-state index contributed by atoms with van der Waals surface area (Å²) in [5, 5.41) is 2.33. The van der Waals surface area contributed by atoms with E-state index in [9.17, 15) is 24.0 Å². The molecule has 114 heavy (non-hydrogen) atoms. The molecular formula is C100H140O14. The third kappa shape index (κ3) is 31.9. The van der Waals surface area contributed by atoms with Crippen LogP contribution in [0, 0.1) is 23.2 Å². The van der Waals surface area contributed by atoms with Crippen LogP contribution in [0.3, 0.4) is 0 Å². The van der Waals surface area contributed by atoms with Gasteiger partial charge >= 0.3 is 29.8 Å². The van der Waals surface area contributed by atoms with Crippen molar-refractivity contribution in [3.63, 3.8) is 0 Å². The maximum absolute atomic E-state index is 12.3. The van der Waals surface area contributed by atoms with E-state index in [4.69, 9.17) is 42.6 Å². The van der Waals surface area contributed by atoms with Crippen molar-refractivity contribution in [3.8, 4) is 23.0 Å². The number of carbonyl (C=O) groups excluding carboxylic acids is 5. The highest BCUT2D eigenvalue weighted by molar-refractivity contribution is 5.85. The predicted octanol–water partition coefficient (Wildman–Crippen LogP) is 25.8. The van der Waals surface area contributed by atoms with E-state index in [0.717, 1.165) is 92.9 Å². The fraction of sp³-hybridized carbons (Fsp3) is 0.550. The van der Waals surface area contributed by atoms with E-state index in [0.29, 0.717) is 58.7 Å². The van der Waals surface area contributed by atoms with Crippen molar-refractivity contribution >= 4 is 40.6 Å². The van der Waals surface area contributed by atoms with Crippen LogP contribution in [0.5, 0.6) is 23.0 Å². The van der Waals surface area contributed by atoms with E-state index in [1.54, 1.807) is 0 Å². The Morgan fingerprint density at radius 3 is 1.02 bits per heavy atom. The molecule has 3 aliphatic carbocycles. The molecule has 3 aliphatic rings. The minimum absolute atomic E-state index is 0.0277. The lowest BCUT2D eigenvalue weighted by molar-refractivity contribution is -0.166. The zero-order valence-electron chi connectivity index (χ0n) is 72.8. The second-order valence-electron chi connectivity index (χ2n) is 34.0. The molecule has 0 N–H and O–H groups in total. The van der Waals surface area contributed by atoms with Gasteiger partial charge in [0.25, 0.3) is 0 Å². The van der Waals surface area contributed by atoms with Crippen molar-refractivity contribution in [2.24, 2.45) is 23.2 Å². The molecule has 624 valence electrons. The van der Waals surface area contributed by atoms with E-state index in [1.807, 2.05) is 204 Å². The zero-order valence-corrected chi connectivity index (χ0v) is 72.8. The van der Waals surface area contributed by atoms with Crippen LogP contribution in [0.15, 0.2) is 170 Å². The first-order chi connectivity index (χ1) is 54.3. The average molecular weight is 1570 g/mol. The highest BCUT2D eigenvalue weighted by Crippen LogP contribution is 2.39. The van der Waals surface area contributed by atoms with E-state index in [2.05, 4.69) is 97.9 Å². The fourth-order valence-electron chi connectivity index (χ4n) is 14.6. The molecule has 10 rings (SSSR count). The van der Waals surface area contributed by atoms with Gasteiger partial charge in [0.15, 0.2) is 26.4 Å². The summed E-state index contributed by atoms with van der Waals surface area (Å²) in [5.74, 6) is 4.99. The minimum Gasteiger partial charge on any atom is -0.482 e.